The molecule has 2 aliphatic heterocycles. The Bertz CT molecular complexity index is 618. The number of anilines is 2. The second-order valence-corrected chi connectivity index (χ2v) is 5.38. The maximum atomic E-state index is 3.53. The molecular weight excluding hydrogens is 232 g/mol. The van der Waals surface area contributed by atoms with Crippen molar-refractivity contribution in [3.8, 4) is 0 Å². The first-order chi connectivity index (χ1) is 9.43. The second-order valence-electron chi connectivity index (χ2n) is 5.38. The molecule has 0 unspecified atom stereocenters. The molecule has 2 heterocycles. The van der Waals surface area contributed by atoms with Crippen LogP contribution in [0.1, 0.15) is 16.7 Å². The minimum absolute atomic E-state index is 0.988. The molecule has 2 aliphatic rings. The maximum Gasteiger partial charge on any atom is 0.0489 e. The highest BCUT2D eigenvalue weighted by molar-refractivity contribution is 5.74. The summed E-state index contributed by atoms with van der Waals surface area (Å²) in [7, 11) is 0. The van der Waals surface area contributed by atoms with E-state index in [1.54, 1.807) is 0 Å². The zero-order valence-corrected chi connectivity index (χ0v) is 11.0. The highest BCUT2D eigenvalue weighted by Crippen LogP contribution is 2.38. The molecule has 2 heteroatoms. The van der Waals surface area contributed by atoms with Crippen LogP contribution < -0.4 is 10.2 Å². The second kappa shape index (κ2) is 4.39. The van der Waals surface area contributed by atoms with Gasteiger partial charge in [0.25, 0.3) is 0 Å². The van der Waals surface area contributed by atoms with Gasteiger partial charge in [0.2, 0.25) is 0 Å². The Kier molecular flexibility index (Phi) is 2.56. The number of hydrogen-bond acceptors (Lipinski definition) is 2. The van der Waals surface area contributed by atoms with Gasteiger partial charge in [-0.25, -0.2) is 0 Å². The van der Waals surface area contributed by atoms with Gasteiger partial charge in [-0.3, -0.25) is 0 Å². The standard InChI is InChI=1S/C17H18N2/c1-2-7-16-13(4-1)8-9-14-5-3-6-15-12-18-10-11-19(16)17(14)15/h1-7,18H,8-12H2. The fourth-order valence-electron chi connectivity index (χ4n) is 3.36. The maximum absolute atomic E-state index is 3.53. The molecule has 0 radical (unpaired) electrons. The van der Waals surface area contributed by atoms with Crippen molar-refractivity contribution >= 4 is 11.4 Å². The fraction of sp³-hybridized carbons (Fsp3) is 0.294. The van der Waals surface area contributed by atoms with E-state index >= 15 is 0 Å². The van der Waals surface area contributed by atoms with Crippen LogP contribution in [0.4, 0.5) is 11.4 Å². The average molecular weight is 250 g/mol. The Hall–Kier alpha value is -1.80. The third kappa shape index (κ3) is 1.75. The smallest absolute Gasteiger partial charge is 0.0489 e. The third-order valence-corrected chi connectivity index (χ3v) is 4.25. The van der Waals surface area contributed by atoms with Gasteiger partial charge in [-0.1, -0.05) is 36.4 Å². The van der Waals surface area contributed by atoms with E-state index in [9.17, 15) is 0 Å². The van der Waals surface area contributed by atoms with Gasteiger partial charge in [-0.05, 0) is 35.6 Å². The summed E-state index contributed by atoms with van der Waals surface area (Å²) < 4.78 is 0. The summed E-state index contributed by atoms with van der Waals surface area (Å²) >= 11 is 0. The van der Waals surface area contributed by atoms with Crippen LogP contribution in [-0.2, 0) is 19.4 Å². The lowest BCUT2D eigenvalue weighted by Crippen LogP contribution is -2.25. The third-order valence-electron chi connectivity index (χ3n) is 4.25. The summed E-state index contributed by atoms with van der Waals surface area (Å²) in [5.74, 6) is 0. The number of nitrogens with zero attached hydrogens (tertiary/aromatic N) is 1. The number of benzene rings is 2. The number of aryl methyl sites for hydroxylation is 2. The van der Waals surface area contributed by atoms with Crippen LogP contribution >= 0.6 is 0 Å². The number of rotatable bonds is 0. The number of fused-ring (bicyclic) bond motifs is 2. The molecular formula is C17H18N2. The zero-order chi connectivity index (χ0) is 12.7. The molecule has 19 heavy (non-hydrogen) atoms. The van der Waals surface area contributed by atoms with Crippen molar-refractivity contribution in [2.24, 2.45) is 0 Å². The molecule has 0 atom stereocenters. The predicted molar refractivity (Wildman–Crippen MR) is 79.0 cm³/mol. The highest BCUT2D eigenvalue weighted by atomic mass is 15.2. The minimum atomic E-state index is 0.988. The lowest BCUT2D eigenvalue weighted by atomic mass is 10.0. The van der Waals surface area contributed by atoms with Gasteiger partial charge in [0.15, 0.2) is 0 Å². The van der Waals surface area contributed by atoms with E-state index in [0.29, 0.717) is 0 Å². The number of para-hydroxylation sites is 2. The molecule has 0 spiro atoms. The molecule has 0 aliphatic carbocycles. The van der Waals surface area contributed by atoms with E-state index in [1.807, 2.05) is 0 Å². The molecule has 2 aromatic rings. The van der Waals surface area contributed by atoms with Crippen molar-refractivity contribution < 1.29 is 0 Å². The molecule has 0 bridgehead atoms. The first kappa shape index (κ1) is 11.1. The lowest BCUT2D eigenvalue weighted by molar-refractivity contribution is 0.712. The van der Waals surface area contributed by atoms with E-state index < -0.39 is 0 Å². The van der Waals surface area contributed by atoms with E-state index in [1.165, 1.54) is 28.1 Å². The van der Waals surface area contributed by atoms with Crippen molar-refractivity contribution in [1.29, 1.82) is 0 Å². The van der Waals surface area contributed by atoms with Crippen molar-refractivity contribution in [2.45, 2.75) is 19.4 Å². The average Bonchev–Trinajstić information content (AvgIpc) is 2.76. The predicted octanol–water partition coefficient (Wildman–Crippen LogP) is 3.03. The van der Waals surface area contributed by atoms with E-state index in [2.05, 4.69) is 52.7 Å². The van der Waals surface area contributed by atoms with Crippen LogP contribution in [-0.4, -0.2) is 13.1 Å². The van der Waals surface area contributed by atoms with Crippen LogP contribution in [0.5, 0.6) is 0 Å². The van der Waals surface area contributed by atoms with Crippen molar-refractivity contribution in [3.05, 3.63) is 59.2 Å². The number of nitrogens with one attached hydrogen (secondary N) is 1. The molecule has 0 aromatic heterocycles. The lowest BCUT2D eigenvalue weighted by Gasteiger charge is -2.26. The normalized spacial score (nSPS) is 17.2. The van der Waals surface area contributed by atoms with Gasteiger partial charge < -0.3 is 10.2 Å². The van der Waals surface area contributed by atoms with E-state index in [-0.39, 0.29) is 0 Å². The molecule has 0 saturated carbocycles. The van der Waals surface area contributed by atoms with Crippen LogP contribution in [0, 0.1) is 0 Å². The summed E-state index contributed by atoms with van der Waals surface area (Å²) in [6, 6.07) is 15.6. The first-order valence-electron chi connectivity index (χ1n) is 7.10. The fourth-order valence-corrected chi connectivity index (χ4v) is 3.36. The summed E-state index contributed by atoms with van der Waals surface area (Å²) in [5, 5.41) is 3.53. The van der Waals surface area contributed by atoms with Crippen LogP contribution in [0.2, 0.25) is 0 Å². The summed E-state index contributed by atoms with van der Waals surface area (Å²) in [5.41, 5.74) is 7.27. The highest BCUT2D eigenvalue weighted by Gasteiger charge is 2.23. The minimum Gasteiger partial charge on any atom is -0.339 e. The molecule has 96 valence electrons. The SMILES string of the molecule is c1ccc2c(c1)CCc1cccc3c1N2CCNC3. The van der Waals surface area contributed by atoms with Gasteiger partial charge in [0.1, 0.15) is 0 Å². The molecule has 0 saturated heterocycles. The summed E-state index contributed by atoms with van der Waals surface area (Å²) in [4.78, 5) is 2.52. The topological polar surface area (TPSA) is 15.3 Å². The largest absolute Gasteiger partial charge is 0.339 e. The van der Waals surface area contributed by atoms with Crippen LogP contribution in [0.3, 0.4) is 0 Å². The summed E-state index contributed by atoms with van der Waals surface area (Å²) in [6.45, 7) is 3.09. The Labute approximate surface area is 114 Å². The van der Waals surface area contributed by atoms with Gasteiger partial charge in [-0.2, -0.15) is 0 Å². The van der Waals surface area contributed by atoms with Gasteiger partial charge in [0.05, 0.1) is 0 Å². The van der Waals surface area contributed by atoms with Crippen molar-refractivity contribution in [2.75, 3.05) is 18.0 Å². The van der Waals surface area contributed by atoms with Crippen LogP contribution in [0.15, 0.2) is 42.5 Å². The molecule has 2 aromatic carbocycles. The van der Waals surface area contributed by atoms with Gasteiger partial charge in [-0.15, -0.1) is 0 Å². The van der Waals surface area contributed by atoms with E-state index in [0.717, 1.165) is 32.5 Å². The first-order valence-corrected chi connectivity index (χ1v) is 7.10. The molecule has 0 amide bonds. The molecule has 2 nitrogen and oxygen atoms in total. The molecule has 1 N–H and O–H groups in total. The molecule has 0 fully saturated rings. The Morgan fingerprint density at radius 2 is 1.63 bits per heavy atom. The zero-order valence-electron chi connectivity index (χ0n) is 11.0. The van der Waals surface area contributed by atoms with Crippen molar-refractivity contribution in [1.82, 2.24) is 5.32 Å². The monoisotopic (exact) mass is 250 g/mol. The Morgan fingerprint density at radius 1 is 0.842 bits per heavy atom. The van der Waals surface area contributed by atoms with Gasteiger partial charge in [0, 0.05) is 31.0 Å². The number of hydrogen-bond donors (Lipinski definition) is 1. The Balaban J connectivity index is 1.97. The van der Waals surface area contributed by atoms with Crippen molar-refractivity contribution in [3.63, 3.8) is 0 Å². The molecule has 4 rings (SSSR count). The quantitative estimate of drug-likeness (QED) is 0.773. The Morgan fingerprint density at radius 3 is 2.63 bits per heavy atom. The summed E-state index contributed by atoms with van der Waals surface area (Å²) in [6.07, 6.45) is 2.30. The van der Waals surface area contributed by atoms with Crippen LogP contribution in [0.25, 0.3) is 0 Å². The van der Waals surface area contributed by atoms with Gasteiger partial charge >= 0.3 is 0 Å². The van der Waals surface area contributed by atoms with E-state index in [4.69, 9.17) is 0 Å².